The Morgan fingerprint density at radius 1 is 1.11 bits per heavy atom. The maximum absolute atomic E-state index is 9.77. The number of nitrogens with two attached hydrogens (primary N) is 1. The molecule has 0 aliphatic heterocycles. The summed E-state index contributed by atoms with van der Waals surface area (Å²) >= 11 is 0. The van der Waals surface area contributed by atoms with Crippen molar-refractivity contribution in [1.82, 2.24) is 0 Å². The summed E-state index contributed by atoms with van der Waals surface area (Å²) in [6.45, 7) is 2.86. The van der Waals surface area contributed by atoms with Crippen molar-refractivity contribution in [2.75, 3.05) is 13.2 Å². The quantitative estimate of drug-likeness (QED) is 0.866. The van der Waals surface area contributed by atoms with Crippen molar-refractivity contribution >= 4 is 0 Å². The van der Waals surface area contributed by atoms with E-state index < -0.39 is 6.10 Å². The zero-order valence-electron chi connectivity index (χ0n) is 11.0. The Bertz CT molecular complexity index is 523. The molecule has 0 aromatic heterocycles. The molecular weight excluding hydrogens is 238 g/mol. The van der Waals surface area contributed by atoms with Crippen molar-refractivity contribution < 1.29 is 9.84 Å². The molecule has 0 fully saturated rings. The minimum atomic E-state index is -0.609. The molecule has 3 N–H and O–H groups in total. The fourth-order valence-electron chi connectivity index (χ4n) is 1.97. The van der Waals surface area contributed by atoms with Gasteiger partial charge in [0.1, 0.15) is 5.75 Å². The number of rotatable bonds is 5. The first-order valence-corrected chi connectivity index (χ1v) is 6.46. The highest BCUT2D eigenvalue weighted by Gasteiger charge is 2.06. The van der Waals surface area contributed by atoms with Crippen LogP contribution in [0.3, 0.4) is 0 Å². The monoisotopic (exact) mass is 257 g/mol. The highest BCUT2D eigenvalue weighted by molar-refractivity contribution is 5.65. The Morgan fingerprint density at radius 2 is 1.84 bits per heavy atom. The fourth-order valence-corrected chi connectivity index (χ4v) is 1.97. The van der Waals surface area contributed by atoms with Crippen LogP contribution in [0.25, 0.3) is 11.1 Å². The first kappa shape index (κ1) is 13.6. The number of ether oxygens (including phenoxy) is 1. The lowest BCUT2D eigenvalue weighted by Gasteiger charge is -2.10. The summed E-state index contributed by atoms with van der Waals surface area (Å²) in [4.78, 5) is 0. The zero-order chi connectivity index (χ0) is 13.7. The molecule has 0 amide bonds. The third-order valence-corrected chi connectivity index (χ3v) is 2.99. The predicted octanol–water partition coefficient (Wildman–Crippen LogP) is 2.74. The summed E-state index contributed by atoms with van der Waals surface area (Å²) < 4.78 is 5.42. The van der Waals surface area contributed by atoms with Gasteiger partial charge in [-0.1, -0.05) is 30.3 Å². The van der Waals surface area contributed by atoms with Crippen molar-refractivity contribution in [1.29, 1.82) is 0 Å². The van der Waals surface area contributed by atoms with E-state index in [1.807, 2.05) is 55.5 Å². The average Bonchev–Trinajstić information content (AvgIpc) is 2.48. The number of aliphatic hydroxyl groups excluding tert-OH is 1. The van der Waals surface area contributed by atoms with Gasteiger partial charge in [-0.25, -0.2) is 0 Å². The lowest BCUT2D eigenvalue weighted by molar-refractivity contribution is 0.187. The number of benzene rings is 2. The van der Waals surface area contributed by atoms with Gasteiger partial charge in [0.05, 0.1) is 12.7 Å². The third-order valence-electron chi connectivity index (χ3n) is 2.99. The minimum absolute atomic E-state index is 0.229. The molecule has 0 radical (unpaired) electrons. The Hall–Kier alpha value is -1.84. The molecule has 3 nitrogen and oxygen atoms in total. The van der Waals surface area contributed by atoms with Gasteiger partial charge in [-0.3, -0.25) is 0 Å². The molecule has 0 bridgehead atoms. The molecule has 0 aliphatic rings. The Kier molecular flexibility index (Phi) is 4.55. The number of aliphatic hydroxyl groups is 1. The fraction of sp³-hybridized carbons (Fsp3) is 0.250. The van der Waals surface area contributed by atoms with Crippen LogP contribution in [0.5, 0.6) is 5.75 Å². The predicted molar refractivity (Wildman–Crippen MR) is 77.1 cm³/mol. The highest BCUT2D eigenvalue weighted by atomic mass is 16.5. The molecule has 100 valence electrons. The van der Waals surface area contributed by atoms with E-state index in [2.05, 4.69) is 0 Å². The maximum Gasteiger partial charge on any atom is 0.119 e. The van der Waals surface area contributed by atoms with Gasteiger partial charge in [-0.15, -0.1) is 0 Å². The zero-order valence-corrected chi connectivity index (χ0v) is 11.0. The van der Waals surface area contributed by atoms with Crippen LogP contribution in [0.15, 0.2) is 48.5 Å². The van der Waals surface area contributed by atoms with Crippen molar-refractivity contribution in [3.63, 3.8) is 0 Å². The van der Waals surface area contributed by atoms with Gasteiger partial charge in [-0.05, 0) is 41.8 Å². The summed E-state index contributed by atoms with van der Waals surface area (Å²) in [5.74, 6) is 0.865. The number of hydrogen-bond acceptors (Lipinski definition) is 3. The van der Waals surface area contributed by atoms with E-state index in [0.29, 0.717) is 6.61 Å². The van der Waals surface area contributed by atoms with Gasteiger partial charge < -0.3 is 15.6 Å². The molecule has 0 unspecified atom stereocenters. The van der Waals surface area contributed by atoms with Gasteiger partial charge in [0.15, 0.2) is 0 Å². The maximum atomic E-state index is 9.77. The van der Waals surface area contributed by atoms with Crippen molar-refractivity contribution in [3.05, 3.63) is 54.1 Å². The van der Waals surface area contributed by atoms with Gasteiger partial charge in [0.25, 0.3) is 0 Å². The summed E-state index contributed by atoms with van der Waals surface area (Å²) in [6.07, 6.45) is -0.609. The van der Waals surface area contributed by atoms with Crippen molar-refractivity contribution in [2.45, 2.75) is 13.0 Å². The molecule has 0 saturated heterocycles. The van der Waals surface area contributed by atoms with Crippen LogP contribution in [-0.4, -0.2) is 18.3 Å². The molecule has 0 heterocycles. The van der Waals surface area contributed by atoms with Gasteiger partial charge >= 0.3 is 0 Å². The van der Waals surface area contributed by atoms with E-state index in [1.165, 1.54) is 0 Å². The Balaban J connectivity index is 2.26. The Morgan fingerprint density at radius 3 is 2.47 bits per heavy atom. The van der Waals surface area contributed by atoms with Crippen LogP contribution in [-0.2, 0) is 0 Å². The second-order valence-corrected chi connectivity index (χ2v) is 4.33. The van der Waals surface area contributed by atoms with Crippen LogP contribution in [0.1, 0.15) is 18.6 Å². The normalized spacial score (nSPS) is 12.2. The molecule has 0 aliphatic carbocycles. The minimum Gasteiger partial charge on any atom is -0.494 e. The lowest BCUT2D eigenvalue weighted by Crippen LogP contribution is -2.11. The van der Waals surface area contributed by atoms with Crippen LogP contribution in [0.4, 0.5) is 0 Å². The van der Waals surface area contributed by atoms with Crippen LogP contribution in [0.2, 0.25) is 0 Å². The van der Waals surface area contributed by atoms with Gasteiger partial charge in [0, 0.05) is 6.54 Å². The van der Waals surface area contributed by atoms with Crippen LogP contribution < -0.4 is 10.5 Å². The third kappa shape index (κ3) is 3.34. The van der Waals surface area contributed by atoms with Crippen LogP contribution >= 0.6 is 0 Å². The Labute approximate surface area is 113 Å². The average molecular weight is 257 g/mol. The van der Waals surface area contributed by atoms with E-state index >= 15 is 0 Å². The molecule has 1 atom stereocenters. The summed E-state index contributed by atoms with van der Waals surface area (Å²) in [7, 11) is 0. The summed E-state index contributed by atoms with van der Waals surface area (Å²) in [5, 5.41) is 9.77. The topological polar surface area (TPSA) is 55.5 Å². The number of hydrogen-bond donors (Lipinski definition) is 2. The van der Waals surface area contributed by atoms with E-state index in [1.54, 1.807) is 0 Å². The van der Waals surface area contributed by atoms with Gasteiger partial charge in [-0.2, -0.15) is 0 Å². The molecule has 3 heteroatoms. The van der Waals surface area contributed by atoms with Crippen molar-refractivity contribution in [2.24, 2.45) is 5.73 Å². The molecule has 0 spiro atoms. The van der Waals surface area contributed by atoms with Crippen LogP contribution in [0, 0.1) is 0 Å². The molecule has 2 rings (SSSR count). The van der Waals surface area contributed by atoms with E-state index in [9.17, 15) is 5.11 Å². The van der Waals surface area contributed by atoms with E-state index in [-0.39, 0.29) is 6.54 Å². The molecule has 19 heavy (non-hydrogen) atoms. The van der Waals surface area contributed by atoms with Crippen molar-refractivity contribution in [3.8, 4) is 16.9 Å². The highest BCUT2D eigenvalue weighted by Crippen LogP contribution is 2.25. The summed E-state index contributed by atoms with van der Waals surface area (Å²) in [6, 6.07) is 15.7. The molecule has 0 saturated carbocycles. The smallest absolute Gasteiger partial charge is 0.119 e. The lowest BCUT2D eigenvalue weighted by atomic mass is 10.0. The summed E-state index contributed by atoms with van der Waals surface area (Å²) in [5.41, 5.74) is 8.48. The standard InChI is InChI=1S/C16H19NO2/c1-2-19-15-8-6-12(7-9-15)13-4-3-5-14(10-13)16(18)11-17/h3-10,16,18H,2,11,17H2,1H3/t16-/m0/s1. The van der Waals surface area contributed by atoms with Gasteiger partial charge in [0.2, 0.25) is 0 Å². The SMILES string of the molecule is CCOc1ccc(-c2cccc([C@@H](O)CN)c2)cc1. The largest absolute Gasteiger partial charge is 0.494 e. The molecule has 2 aromatic carbocycles. The second kappa shape index (κ2) is 6.36. The van der Waals surface area contributed by atoms with E-state index in [4.69, 9.17) is 10.5 Å². The first-order valence-electron chi connectivity index (χ1n) is 6.46. The van der Waals surface area contributed by atoms with E-state index in [0.717, 1.165) is 22.4 Å². The molecule has 2 aromatic rings. The molecular formula is C16H19NO2. The second-order valence-electron chi connectivity index (χ2n) is 4.33. The first-order chi connectivity index (χ1) is 9.24.